The van der Waals surface area contributed by atoms with Crippen molar-refractivity contribution in [1.29, 1.82) is 0 Å². The molecule has 0 amide bonds. The Bertz CT molecular complexity index is 379. The van der Waals surface area contributed by atoms with E-state index in [1.165, 1.54) is 6.42 Å². The van der Waals surface area contributed by atoms with Crippen LogP contribution in [-0.2, 0) is 0 Å². The van der Waals surface area contributed by atoms with Gasteiger partial charge in [-0.3, -0.25) is 0 Å². The largest absolute Gasteiger partial charge is 0.435 e. The Balaban J connectivity index is 2.63. The lowest BCUT2D eigenvalue weighted by Crippen LogP contribution is -2.22. The molecule has 0 aliphatic heterocycles. The van der Waals surface area contributed by atoms with Gasteiger partial charge in [-0.1, -0.05) is 45.7 Å². The van der Waals surface area contributed by atoms with E-state index in [0.717, 1.165) is 31.4 Å². The molecule has 120 valence electrons. The molecule has 1 aromatic rings. The van der Waals surface area contributed by atoms with Crippen molar-refractivity contribution in [3.05, 3.63) is 29.8 Å². The van der Waals surface area contributed by atoms with Gasteiger partial charge < -0.3 is 10.1 Å². The summed E-state index contributed by atoms with van der Waals surface area (Å²) in [6, 6.07) is 7.26. The summed E-state index contributed by atoms with van der Waals surface area (Å²) in [5, 5.41) is 3.53. The minimum Gasteiger partial charge on any atom is -0.435 e. The number of hydrogen-bond acceptors (Lipinski definition) is 2. The number of halogens is 2. The van der Waals surface area contributed by atoms with E-state index in [0.29, 0.717) is 5.92 Å². The maximum Gasteiger partial charge on any atom is 0.387 e. The van der Waals surface area contributed by atoms with E-state index < -0.39 is 6.61 Å². The van der Waals surface area contributed by atoms with Crippen LogP contribution in [0.3, 0.4) is 0 Å². The van der Waals surface area contributed by atoms with Crippen LogP contribution in [-0.4, -0.2) is 13.2 Å². The molecule has 0 bridgehead atoms. The zero-order valence-corrected chi connectivity index (χ0v) is 13.2. The molecular weight excluding hydrogens is 272 g/mol. The molecule has 0 aromatic heterocycles. The molecule has 4 heteroatoms. The number of nitrogens with one attached hydrogen (secondary N) is 1. The van der Waals surface area contributed by atoms with Crippen LogP contribution in [0.1, 0.15) is 58.1 Å². The van der Waals surface area contributed by atoms with Gasteiger partial charge in [0.2, 0.25) is 0 Å². The van der Waals surface area contributed by atoms with Gasteiger partial charge >= 0.3 is 6.61 Å². The van der Waals surface area contributed by atoms with Crippen LogP contribution in [0, 0.1) is 5.92 Å². The average Bonchev–Trinajstić information content (AvgIpc) is 2.42. The van der Waals surface area contributed by atoms with Gasteiger partial charge in [-0.2, -0.15) is 8.78 Å². The topological polar surface area (TPSA) is 21.3 Å². The van der Waals surface area contributed by atoms with Crippen LogP contribution in [0.15, 0.2) is 24.3 Å². The minimum atomic E-state index is -2.77. The van der Waals surface area contributed by atoms with E-state index in [4.69, 9.17) is 0 Å². The van der Waals surface area contributed by atoms with E-state index in [1.807, 2.05) is 12.1 Å². The van der Waals surface area contributed by atoms with E-state index in [-0.39, 0.29) is 11.8 Å². The lowest BCUT2D eigenvalue weighted by atomic mass is 9.98. The van der Waals surface area contributed by atoms with E-state index in [2.05, 4.69) is 30.8 Å². The monoisotopic (exact) mass is 299 g/mol. The van der Waals surface area contributed by atoms with Gasteiger partial charge in [0, 0.05) is 6.04 Å². The predicted molar refractivity (Wildman–Crippen MR) is 82.8 cm³/mol. The Hall–Kier alpha value is -1.16. The summed E-state index contributed by atoms with van der Waals surface area (Å²) in [5.74, 6) is 0.920. The maximum atomic E-state index is 12.2. The fourth-order valence-corrected chi connectivity index (χ4v) is 2.32. The second-order valence-electron chi connectivity index (χ2n) is 5.78. The quantitative estimate of drug-likeness (QED) is 0.644. The summed E-state index contributed by atoms with van der Waals surface area (Å²) in [6.07, 6.45) is 4.51. The van der Waals surface area contributed by atoms with Gasteiger partial charge in [0.05, 0.1) is 0 Å². The van der Waals surface area contributed by atoms with Gasteiger partial charge in [-0.15, -0.1) is 0 Å². The summed E-state index contributed by atoms with van der Waals surface area (Å²) in [5.41, 5.74) is 1.13. The summed E-state index contributed by atoms with van der Waals surface area (Å²) in [6.45, 7) is 4.78. The highest BCUT2D eigenvalue weighted by atomic mass is 19.3. The van der Waals surface area contributed by atoms with Crippen LogP contribution >= 0.6 is 0 Å². The summed E-state index contributed by atoms with van der Waals surface area (Å²) in [7, 11) is 0. The molecule has 0 saturated heterocycles. The molecule has 0 fully saturated rings. The zero-order valence-electron chi connectivity index (χ0n) is 13.2. The van der Waals surface area contributed by atoms with Crippen molar-refractivity contribution < 1.29 is 13.5 Å². The molecule has 1 rings (SSSR count). The van der Waals surface area contributed by atoms with Crippen LogP contribution < -0.4 is 10.1 Å². The number of benzene rings is 1. The molecule has 0 aliphatic rings. The van der Waals surface area contributed by atoms with Crippen molar-refractivity contribution in [2.24, 2.45) is 5.92 Å². The van der Waals surface area contributed by atoms with Crippen molar-refractivity contribution >= 4 is 0 Å². The second kappa shape index (κ2) is 9.72. The summed E-state index contributed by atoms with van der Waals surface area (Å²) >= 11 is 0. The third-order valence-corrected chi connectivity index (χ3v) is 3.42. The van der Waals surface area contributed by atoms with Gasteiger partial charge in [0.25, 0.3) is 0 Å². The lowest BCUT2D eigenvalue weighted by molar-refractivity contribution is -0.0498. The Morgan fingerprint density at radius 1 is 1.10 bits per heavy atom. The van der Waals surface area contributed by atoms with E-state index in [9.17, 15) is 8.78 Å². The standard InChI is InChI=1S/C17H27F2NO/c1-4-12-20-16(7-5-6-13(2)3)14-8-10-15(11-9-14)21-17(18)19/h8-11,13,16-17,20H,4-7,12H2,1-3H3. The van der Waals surface area contributed by atoms with Gasteiger partial charge in [0.1, 0.15) is 5.75 Å². The second-order valence-corrected chi connectivity index (χ2v) is 5.78. The van der Waals surface area contributed by atoms with Gasteiger partial charge in [-0.05, 0) is 43.0 Å². The third-order valence-electron chi connectivity index (χ3n) is 3.42. The SMILES string of the molecule is CCCNC(CCCC(C)C)c1ccc(OC(F)F)cc1. The molecular formula is C17H27F2NO. The average molecular weight is 299 g/mol. The molecule has 0 aliphatic carbocycles. The first-order valence-corrected chi connectivity index (χ1v) is 7.81. The van der Waals surface area contributed by atoms with Crippen molar-refractivity contribution in [3.63, 3.8) is 0 Å². The maximum absolute atomic E-state index is 12.2. The lowest BCUT2D eigenvalue weighted by Gasteiger charge is -2.20. The summed E-state index contributed by atoms with van der Waals surface area (Å²) < 4.78 is 28.7. The first-order chi connectivity index (χ1) is 10.0. The fraction of sp³-hybridized carbons (Fsp3) is 0.647. The number of ether oxygens (including phenoxy) is 1. The van der Waals surface area contributed by atoms with Crippen molar-refractivity contribution in [1.82, 2.24) is 5.32 Å². The minimum absolute atomic E-state index is 0.213. The Morgan fingerprint density at radius 2 is 1.76 bits per heavy atom. The normalized spacial score (nSPS) is 12.9. The van der Waals surface area contributed by atoms with Gasteiger partial charge in [0.15, 0.2) is 0 Å². The highest BCUT2D eigenvalue weighted by molar-refractivity contribution is 5.29. The van der Waals surface area contributed by atoms with E-state index in [1.54, 1.807) is 12.1 Å². The number of hydrogen-bond donors (Lipinski definition) is 1. The Kier molecular flexibility index (Phi) is 8.28. The molecule has 2 nitrogen and oxygen atoms in total. The van der Waals surface area contributed by atoms with Crippen LogP contribution in [0.4, 0.5) is 8.78 Å². The van der Waals surface area contributed by atoms with Crippen molar-refractivity contribution in [2.75, 3.05) is 6.54 Å². The smallest absolute Gasteiger partial charge is 0.387 e. The van der Waals surface area contributed by atoms with Crippen LogP contribution in [0.5, 0.6) is 5.75 Å². The number of alkyl halides is 2. The Labute approximate surface area is 126 Å². The van der Waals surface area contributed by atoms with Crippen LogP contribution in [0.25, 0.3) is 0 Å². The molecule has 0 radical (unpaired) electrons. The van der Waals surface area contributed by atoms with Crippen LogP contribution in [0.2, 0.25) is 0 Å². The zero-order chi connectivity index (χ0) is 15.7. The molecule has 21 heavy (non-hydrogen) atoms. The first kappa shape index (κ1) is 17.9. The van der Waals surface area contributed by atoms with Gasteiger partial charge in [-0.25, -0.2) is 0 Å². The molecule has 0 spiro atoms. The van der Waals surface area contributed by atoms with Crippen molar-refractivity contribution in [3.8, 4) is 5.75 Å². The van der Waals surface area contributed by atoms with Crippen molar-refractivity contribution in [2.45, 2.75) is 59.1 Å². The predicted octanol–water partition coefficient (Wildman–Crippen LogP) is 5.16. The van der Waals surface area contributed by atoms with E-state index >= 15 is 0 Å². The molecule has 1 atom stereocenters. The Morgan fingerprint density at radius 3 is 2.29 bits per heavy atom. The highest BCUT2D eigenvalue weighted by Crippen LogP contribution is 2.24. The highest BCUT2D eigenvalue weighted by Gasteiger charge is 2.12. The first-order valence-electron chi connectivity index (χ1n) is 7.81. The molecule has 1 aromatic carbocycles. The molecule has 1 unspecified atom stereocenters. The molecule has 1 N–H and O–H groups in total. The molecule has 0 saturated carbocycles. The fourth-order valence-electron chi connectivity index (χ4n) is 2.32. The molecule has 0 heterocycles. The number of rotatable bonds is 10. The summed E-state index contributed by atoms with van der Waals surface area (Å²) in [4.78, 5) is 0. The third kappa shape index (κ3) is 7.42.